The normalized spacial score (nSPS) is 11.0. The van der Waals surface area contributed by atoms with Gasteiger partial charge in [0.15, 0.2) is 0 Å². The van der Waals surface area contributed by atoms with Crippen LogP contribution in [-0.2, 0) is 6.42 Å². The van der Waals surface area contributed by atoms with Gasteiger partial charge in [0.2, 0.25) is 0 Å². The number of ether oxygens (including phenoxy) is 1. The van der Waals surface area contributed by atoms with Crippen molar-refractivity contribution in [3.63, 3.8) is 0 Å². The highest BCUT2D eigenvalue weighted by Crippen LogP contribution is 2.25. The molecular formula is C14H16N2OS. The second-order valence-electron chi connectivity index (χ2n) is 3.76. The summed E-state index contributed by atoms with van der Waals surface area (Å²) in [4.78, 5) is 0. The van der Waals surface area contributed by atoms with Crippen LogP contribution in [0.25, 0.3) is 10.6 Å². The van der Waals surface area contributed by atoms with Crippen LogP contribution in [0, 0.1) is 0 Å². The predicted octanol–water partition coefficient (Wildman–Crippen LogP) is 3.72. The first kappa shape index (κ1) is 12.8. The van der Waals surface area contributed by atoms with Gasteiger partial charge in [0.05, 0.1) is 0 Å². The Morgan fingerprint density at radius 3 is 2.61 bits per heavy atom. The molecule has 3 nitrogen and oxygen atoms in total. The predicted molar refractivity (Wildman–Crippen MR) is 75.0 cm³/mol. The van der Waals surface area contributed by atoms with Crippen LogP contribution in [0.15, 0.2) is 36.4 Å². The van der Waals surface area contributed by atoms with Crippen LogP contribution in [-0.4, -0.2) is 16.8 Å². The van der Waals surface area contributed by atoms with Gasteiger partial charge in [-0.1, -0.05) is 30.4 Å². The number of hydrogen-bond acceptors (Lipinski definition) is 4. The highest BCUT2D eigenvalue weighted by molar-refractivity contribution is 7.14. The van der Waals surface area contributed by atoms with E-state index in [4.69, 9.17) is 4.74 Å². The van der Waals surface area contributed by atoms with Gasteiger partial charge in [0, 0.05) is 5.56 Å². The lowest BCUT2D eigenvalue weighted by atomic mass is 10.2. The molecule has 0 saturated heterocycles. The number of aromatic nitrogens is 2. The summed E-state index contributed by atoms with van der Waals surface area (Å²) in [6.07, 6.45) is 4.89. The molecule has 0 saturated carbocycles. The molecule has 0 spiro atoms. The molecule has 0 aliphatic heterocycles. The number of allylic oxidation sites excluding steroid dienone is 1. The van der Waals surface area contributed by atoms with Gasteiger partial charge in [-0.2, -0.15) is 0 Å². The second-order valence-corrected chi connectivity index (χ2v) is 4.82. The molecule has 2 aromatic rings. The van der Waals surface area contributed by atoms with Crippen LogP contribution in [0.1, 0.15) is 18.9 Å². The zero-order valence-electron chi connectivity index (χ0n) is 10.6. The van der Waals surface area contributed by atoms with Gasteiger partial charge in [0.25, 0.3) is 0 Å². The third kappa shape index (κ3) is 3.17. The maximum atomic E-state index is 5.54. The number of rotatable bonds is 5. The van der Waals surface area contributed by atoms with Crippen LogP contribution in [0.2, 0.25) is 0 Å². The summed E-state index contributed by atoms with van der Waals surface area (Å²) in [5, 5.41) is 10.3. The zero-order valence-corrected chi connectivity index (χ0v) is 11.4. The lowest BCUT2D eigenvalue weighted by Gasteiger charge is -2.03. The topological polar surface area (TPSA) is 35.0 Å². The summed E-state index contributed by atoms with van der Waals surface area (Å²) in [6, 6.07) is 7.97. The molecule has 1 aromatic carbocycles. The van der Waals surface area contributed by atoms with Crippen LogP contribution < -0.4 is 4.74 Å². The van der Waals surface area contributed by atoms with E-state index >= 15 is 0 Å². The Kier molecular flexibility index (Phi) is 4.47. The highest BCUT2D eigenvalue weighted by atomic mass is 32.1. The second kappa shape index (κ2) is 6.31. The quantitative estimate of drug-likeness (QED) is 0.768. The van der Waals surface area contributed by atoms with E-state index in [0.717, 1.165) is 27.7 Å². The molecule has 2 rings (SSSR count). The molecule has 0 amide bonds. The number of nitrogens with zero attached hydrogens (tertiary/aromatic N) is 2. The van der Waals surface area contributed by atoms with Crippen LogP contribution in [0.3, 0.4) is 0 Å². The molecule has 0 radical (unpaired) electrons. The monoisotopic (exact) mass is 260 g/mol. The van der Waals surface area contributed by atoms with Crippen molar-refractivity contribution >= 4 is 11.3 Å². The van der Waals surface area contributed by atoms with Gasteiger partial charge in [0.1, 0.15) is 22.4 Å². The largest absolute Gasteiger partial charge is 0.490 e. The van der Waals surface area contributed by atoms with Gasteiger partial charge in [-0.05, 0) is 37.6 Å². The average molecular weight is 260 g/mol. The Morgan fingerprint density at radius 2 is 2.00 bits per heavy atom. The molecule has 1 aromatic heterocycles. The van der Waals surface area contributed by atoms with E-state index in [1.54, 1.807) is 11.3 Å². The fourth-order valence-corrected chi connectivity index (χ4v) is 2.23. The molecule has 0 atom stereocenters. The van der Waals surface area contributed by atoms with E-state index in [1.807, 2.05) is 43.3 Å². The van der Waals surface area contributed by atoms with Crippen LogP contribution in [0.5, 0.6) is 5.75 Å². The molecule has 1 heterocycles. The third-order valence-corrected chi connectivity index (χ3v) is 3.57. The summed E-state index contributed by atoms with van der Waals surface area (Å²) >= 11 is 1.64. The first-order chi connectivity index (χ1) is 8.83. The van der Waals surface area contributed by atoms with Gasteiger partial charge in [-0.15, -0.1) is 10.2 Å². The first-order valence-corrected chi connectivity index (χ1v) is 6.82. The van der Waals surface area contributed by atoms with Crippen molar-refractivity contribution in [2.24, 2.45) is 0 Å². The minimum Gasteiger partial charge on any atom is -0.490 e. The molecule has 4 heteroatoms. The van der Waals surface area contributed by atoms with Gasteiger partial charge in [-0.25, -0.2) is 0 Å². The Balaban J connectivity index is 2.07. The van der Waals surface area contributed by atoms with Crippen molar-refractivity contribution in [2.75, 3.05) is 6.61 Å². The van der Waals surface area contributed by atoms with Crippen LogP contribution >= 0.6 is 11.3 Å². The molecule has 0 N–H and O–H groups in total. The van der Waals surface area contributed by atoms with E-state index in [9.17, 15) is 0 Å². The van der Waals surface area contributed by atoms with E-state index < -0.39 is 0 Å². The van der Waals surface area contributed by atoms with Crippen molar-refractivity contribution < 1.29 is 4.74 Å². The smallest absolute Gasteiger partial charge is 0.147 e. The minimum absolute atomic E-state index is 0.606. The van der Waals surface area contributed by atoms with Crippen molar-refractivity contribution in [3.05, 3.63) is 41.4 Å². The van der Waals surface area contributed by atoms with E-state index in [1.165, 1.54) is 0 Å². The molecule has 0 aliphatic rings. The fourth-order valence-electron chi connectivity index (χ4n) is 1.45. The summed E-state index contributed by atoms with van der Waals surface area (Å²) in [5.74, 6) is 0.872. The van der Waals surface area contributed by atoms with Crippen LogP contribution in [0.4, 0.5) is 0 Å². The van der Waals surface area contributed by atoms with Gasteiger partial charge in [-0.3, -0.25) is 0 Å². The van der Waals surface area contributed by atoms with Crippen molar-refractivity contribution in [1.29, 1.82) is 0 Å². The molecule has 0 bridgehead atoms. The number of hydrogen-bond donors (Lipinski definition) is 0. The molecule has 94 valence electrons. The lowest BCUT2D eigenvalue weighted by molar-refractivity contribution is 0.363. The van der Waals surface area contributed by atoms with E-state index in [-0.39, 0.29) is 0 Å². The minimum atomic E-state index is 0.606. The summed E-state index contributed by atoms with van der Waals surface area (Å²) in [7, 11) is 0. The zero-order chi connectivity index (χ0) is 12.8. The summed E-state index contributed by atoms with van der Waals surface area (Å²) < 4.78 is 5.54. The average Bonchev–Trinajstić information content (AvgIpc) is 2.89. The first-order valence-electron chi connectivity index (χ1n) is 6.00. The Morgan fingerprint density at radius 1 is 1.22 bits per heavy atom. The summed E-state index contributed by atoms with van der Waals surface area (Å²) in [6.45, 7) is 4.67. The SMILES string of the molecule is CC=CCOc1ccc(-c2nnc(CC)s2)cc1. The summed E-state index contributed by atoms with van der Waals surface area (Å²) in [5.41, 5.74) is 1.09. The van der Waals surface area contributed by atoms with Crippen molar-refractivity contribution in [1.82, 2.24) is 10.2 Å². The van der Waals surface area contributed by atoms with Crippen molar-refractivity contribution in [3.8, 4) is 16.3 Å². The Bertz CT molecular complexity index is 517. The molecule has 0 aliphatic carbocycles. The van der Waals surface area contributed by atoms with E-state index in [2.05, 4.69) is 17.1 Å². The maximum Gasteiger partial charge on any atom is 0.147 e. The maximum absolute atomic E-state index is 5.54. The lowest BCUT2D eigenvalue weighted by Crippen LogP contribution is -1.92. The Labute approximate surface area is 111 Å². The van der Waals surface area contributed by atoms with Crippen molar-refractivity contribution in [2.45, 2.75) is 20.3 Å². The third-order valence-electron chi connectivity index (χ3n) is 2.45. The molecule has 18 heavy (non-hydrogen) atoms. The van der Waals surface area contributed by atoms with E-state index in [0.29, 0.717) is 6.61 Å². The standard InChI is InChI=1S/C14H16N2OS/c1-3-5-10-17-12-8-6-11(7-9-12)14-16-15-13(4-2)18-14/h3,5-9H,4,10H2,1-2H3. The highest BCUT2D eigenvalue weighted by Gasteiger charge is 2.05. The number of benzene rings is 1. The molecular weight excluding hydrogens is 244 g/mol. The Hall–Kier alpha value is -1.68. The van der Waals surface area contributed by atoms with Gasteiger partial charge >= 0.3 is 0 Å². The number of aryl methyl sites for hydroxylation is 1. The van der Waals surface area contributed by atoms with Gasteiger partial charge < -0.3 is 4.74 Å². The molecule has 0 unspecified atom stereocenters. The fraction of sp³-hybridized carbons (Fsp3) is 0.286. The molecule has 0 fully saturated rings.